The van der Waals surface area contributed by atoms with E-state index in [4.69, 9.17) is 10.5 Å². The predicted molar refractivity (Wildman–Crippen MR) is 129 cm³/mol. The zero-order chi connectivity index (χ0) is 24.3. The van der Waals surface area contributed by atoms with Crippen LogP contribution in [0.4, 0.5) is 17.1 Å². The van der Waals surface area contributed by atoms with E-state index in [-0.39, 0.29) is 94.3 Å². The number of rotatable bonds is 5. The first-order valence-corrected chi connectivity index (χ1v) is 11.6. The average Bonchev–Trinajstić information content (AvgIpc) is 2.84. The van der Waals surface area contributed by atoms with E-state index in [0.717, 1.165) is 0 Å². The molecule has 0 saturated carbocycles. The van der Waals surface area contributed by atoms with E-state index in [9.17, 15) is 18.0 Å². The molecule has 3 aromatic carbocycles. The zero-order valence-corrected chi connectivity index (χ0v) is 22.4. The number of hydrogen-bond donors (Lipinski definition) is 2. The van der Waals surface area contributed by atoms with Gasteiger partial charge < -0.3 is 22.7 Å². The van der Waals surface area contributed by atoms with Crippen LogP contribution in [-0.4, -0.2) is 40.7 Å². The van der Waals surface area contributed by atoms with Gasteiger partial charge in [-0.25, -0.2) is 8.42 Å². The van der Waals surface area contributed by atoms with Crippen LogP contribution in [0, 0.1) is 6.92 Å². The zero-order valence-electron chi connectivity index (χ0n) is 18.8. The van der Waals surface area contributed by atoms with Crippen molar-refractivity contribution in [2.75, 3.05) is 23.9 Å². The number of ether oxygens (including phenoxy) is 1. The van der Waals surface area contributed by atoms with Crippen LogP contribution < -0.4 is 15.8 Å². The van der Waals surface area contributed by atoms with Crippen LogP contribution in [0.3, 0.4) is 0 Å². The molecule has 0 unspecified atom stereocenters. The van der Waals surface area contributed by atoms with Gasteiger partial charge in [-0.1, -0.05) is 42.9 Å². The summed E-state index contributed by atoms with van der Waals surface area (Å²) in [5.74, 6) is -0.796. The topological polar surface area (TPSA) is 116 Å². The molecule has 1 aliphatic carbocycles. The minimum absolute atomic E-state index is 0. The molecule has 0 aliphatic heterocycles. The van der Waals surface area contributed by atoms with Gasteiger partial charge >= 0.3 is 0 Å². The van der Waals surface area contributed by atoms with Crippen molar-refractivity contribution < 1.29 is 55.5 Å². The molecule has 7 nitrogen and oxygen atoms in total. The summed E-state index contributed by atoms with van der Waals surface area (Å²) in [6.07, 6.45) is 0. The first-order valence-electron chi connectivity index (χ1n) is 9.94. The first kappa shape index (κ1) is 27.8. The van der Waals surface area contributed by atoms with Crippen molar-refractivity contribution in [3.8, 4) is 5.75 Å². The third-order valence-electron chi connectivity index (χ3n) is 5.16. The fraction of sp³-hybridized carbons (Fsp3) is 0.125. The minimum atomic E-state index is -3.53. The number of carbonyl (C=O) groups excluding carboxylic acids is 2. The van der Waals surface area contributed by atoms with E-state index in [2.05, 4.69) is 20.1 Å². The van der Waals surface area contributed by atoms with E-state index in [1.807, 2.05) is 0 Å². The van der Waals surface area contributed by atoms with Crippen molar-refractivity contribution in [3.63, 3.8) is 0 Å². The number of methoxy groups -OCH3 is 1. The molecule has 0 spiro atoms. The number of carbonyl (C=O) groups is 2. The molecular formula is C24H22BN2O5SY-. The van der Waals surface area contributed by atoms with Crippen molar-refractivity contribution in [1.29, 1.82) is 0 Å². The summed E-state index contributed by atoms with van der Waals surface area (Å²) < 4.78 is 29.7. The van der Waals surface area contributed by atoms with Gasteiger partial charge in [0.2, 0.25) is 0 Å². The minimum Gasteiger partial charge on any atom is -0.494 e. The van der Waals surface area contributed by atoms with E-state index in [1.165, 1.54) is 32.1 Å². The van der Waals surface area contributed by atoms with E-state index in [0.29, 0.717) is 5.69 Å². The maximum atomic E-state index is 13.3. The molecule has 4 rings (SSSR count). The Labute approximate surface area is 225 Å². The third-order valence-corrected chi connectivity index (χ3v) is 6.67. The van der Waals surface area contributed by atoms with E-state index >= 15 is 0 Å². The Morgan fingerprint density at radius 2 is 1.56 bits per heavy atom. The van der Waals surface area contributed by atoms with Gasteiger partial charge in [0.05, 0.1) is 42.4 Å². The molecule has 0 atom stereocenters. The van der Waals surface area contributed by atoms with Crippen LogP contribution in [0.2, 0.25) is 6.82 Å². The quantitative estimate of drug-likeness (QED) is 0.222. The summed E-state index contributed by atoms with van der Waals surface area (Å²) in [7, 11) is 2.38. The van der Waals surface area contributed by atoms with Crippen LogP contribution in [0.15, 0.2) is 59.5 Å². The van der Waals surface area contributed by atoms with Crippen molar-refractivity contribution in [2.45, 2.75) is 11.7 Å². The summed E-state index contributed by atoms with van der Waals surface area (Å²) in [6.45, 7) is 4.96. The monoisotopic (exact) mass is 550 g/mol. The van der Waals surface area contributed by atoms with Crippen LogP contribution >= 0.6 is 0 Å². The smallest absolute Gasteiger partial charge is 0.196 e. The number of nitrogen functional groups attached to an aromatic ring is 1. The predicted octanol–water partition coefficient (Wildman–Crippen LogP) is 3.60. The fourth-order valence-electron chi connectivity index (χ4n) is 3.60. The molecule has 0 aromatic heterocycles. The van der Waals surface area contributed by atoms with Gasteiger partial charge in [-0.3, -0.25) is 9.59 Å². The molecular weight excluding hydrogens is 528 g/mol. The molecule has 3 radical (unpaired) electrons. The number of sulfone groups is 1. The Morgan fingerprint density at radius 1 is 0.971 bits per heavy atom. The van der Waals surface area contributed by atoms with Gasteiger partial charge in [0.25, 0.3) is 0 Å². The number of benzene rings is 3. The maximum absolute atomic E-state index is 13.3. The number of nitrogens with one attached hydrogen (secondary N) is 1. The molecule has 0 heterocycles. The van der Waals surface area contributed by atoms with E-state index in [1.54, 1.807) is 36.4 Å². The number of hydrogen-bond acceptors (Lipinski definition) is 7. The number of anilines is 3. The van der Waals surface area contributed by atoms with Gasteiger partial charge in [-0.05, 0) is 18.2 Å². The molecule has 0 amide bonds. The van der Waals surface area contributed by atoms with Crippen LogP contribution in [-0.2, 0) is 42.5 Å². The number of ketones is 2. The SMILES string of the molecule is [B]C.[CH2-]CS(=O)(=O)c1cccc(Nc2cc(OC)c(N)c3c2C(=O)c2ccccc2C3=O)c1.[Y]. The Morgan fingerprint density at radius 3 is 2.12 bits per heavy atom. The first-order chi connectivity index (χ1) is 15.8. The van der Waals surface area contributed by atoms with Crippen molar-refractivity contribution in [2.24, 2.45) is 0 Å². The average molecular weight is 550 g/mol. The Bertz CT molecular complexity index is 1360. The molecule has 0 saturated heterocycles. The second-order valence-electron chi connectivity index (χ2n) is 6.97. The Hall–Kier alpha value is -2.48. The largest absolute Gasteiger partial charge is 0.494 e. The van der Waals surface area contributed by atoms with Crippen molar-refractivity contribution in [3.05, 3.63) is 83.8 Å². The maximum Gasteiger partial charge on any atom is 0.196 e. The van der Waals surface area contributed by atoms with Crippen molar-refractivity contribution >= 4 is 46.3 Å². The Balaban J connectivity index is 0.00000133. The molecule has 0 fully saturated rings. The van der Waals surface area contributed by atoms with Gasteiger partial charge in [-0.15, -0.1) is 0 Å². The van der Waals surface area contributed by atoms with Crippen molar-refractivity contribution in [1.82, 2.24) is 0 Å². The molecule has 10 heteroatoms. The second kappa shape index (κ2) is 11.3. The van der Waals surface area contributed by atoms with Gasteiger partial charge in [0, 0.05) is 55.6 Å². The molecule has 3 N–H and O–H groups in total. The van der Waals surface area contributed by atoms with Crippen LogP contribution in [0.25, 0.3) is 0 Å². The fourth-order valence-corrected chi connectivity index (χ4v) is 4.43. The molecule has 0 bridgehead atoms. The summed E-state index contributed by atoms with van der Waals surface area (Å²) in [5, 5.41) is 3.06. The van der Waals surface area contributed by atoms with Crippen LogP contribution in [0.5, 0.6) is 5.75 Å². The molecule has 34 heavy (non-hydrogen) atoms. The molecule has 3 aromatic rings. The summed E-state index contributed by atoms with van der Waals surface area (Å²) in [5.41, 5.74) is 7.69. The summed E-state index contributed by atoms with van der Waals surface area (Å²) in [6, 6.07) is 14.2. The Kier molecular flexibility index (Phi) is 9.22. The molecule has 171 valence electrons. The summed E-state index contributed by atoms with van der Waals surface area (Å²) in [4.78, 5) is 26.6. The van der Waals surface area contributed by atoms with E-state index < -0.39 is 9.84 Å². The van der Waals surface area contributed by atoms with Gasteiger partial charge in [0.1, 0.15) is 5.75 Å². The molecule has 1 aliphatic rings. The van der Waals surface area contributed by atoms with Gasteiger partial charge in [-0.2, -0.15) is 0 Å². The number of fused-ring (bicyclic) bond motifs is 2. The normalized spacial score (nSPS) is 11.9. The van der Waals surface area contributed by atoms with Crippen LogP contribution in [0.1, 0.15) is 31.8 Å². The second-order valence-corrected chi connectivity index (χ2v) is 9.07. The number of nitrogens with two attached hydrogens (primary N) is 1. The standard InChI is InChI=1S/C23H19N2O5S.CH3B.Y/c1-3-31(28,29)14-8-6-7-13(11-14)25-17-12-18(30-2)21(24)20-19(17)22(26)15-9-4-5-10-16(15)23(20)27;1-2;/h4-12,25H,1,3,24H2,2H3;1H3;/q-1;;. The third kappa shape index (κ3) is 4.97. The summed E-state index contributed by atoms with van der Waals surface area (Å²) >= 11 is 0. The van der Waals surface area contributed by atoms with Gasteiger partial charge in [0.15, 0.2) is 21.4 Å².